The van der Waals surface area contributed by atoms with E-state index in [4.69, 9.17) is 0 Å². The van der Waals surface area contributed by atoms with Gasteiger partial charge in [0.15, 0.2) is 0 Å². The summed E-state index contributed by atoms with van der Waals surface area (Å²) in [6.45, 7) is 11.9. The summed E-state index contributed by atoms with van der Waals surface area (Å²) < 4.78 is 30.2. The molecule has 0 aliphatic heterocycles. The monoisotopic (exact) mass is 389 g/mol. The number of aryl methyl sites for hydroxylation is 1. The van der Waals surface area contributed by atoms with Crippen molar-refractivity contribution in [3.8, 4) is 0 Å². The quantitative estimate of drug-likeness (QED) is 0.414. The maximum Gasteiger partial charge on any atom is 0.421 e. The fourth-order valence-corrected chi connectivity index (χ4v) is 9.01. The summed E-state index contributed by atoms with van der Waals surface area (Å²) in [6.07, 6.45) is 2.30. The first-order valence-corrected chi connectivity index (χ1v) is 12.2. The number of unbranched alkanes of at least 4 members (excludes halogenated alkanes) is 1. The lowest BCUT2D eigenvalue weighted by molar-refractivity contribution is -0.116. The normalized spacial score (nSPS) is 13.4. The van der Waals surface area contributed by atoms with Gasteiger partial charge in [-0.05, 0) is 63.5 Å². The van der Waals surface area contributed by atoms with Crippen LogP contribution in [0.5, 0.6) is 0 Å². The van der Waals surface area contributed by atoms with Crippen LogP contribution in [0, 0.1) is 6.92 Å². The smallest absolute Gasteiger partial charge is 0.299 e. The predicted octanol–water partition coefficient (Wildman–Crippen LogP) is 5.07. The lowest BCUT2D eigenvalue weighted by Gasteiger charge is -2.40. The van der Waals surface area contributed by atoms with Crippen molar-refractivity contribution >= 4 is 26.2 Å². The van der Waals surface area contributed by atoms with Crippen molar-refractivity contribution in [1.29, 1.82) is 0 Å². The SMILES string of the molecule is CCCCC(=O)CS([OH+]S(=O)(=O)c1ccc(C)cc1)(C(C)C)C(C)C. The van der Waals surface area contributed by atoms with Gasteiger partial charge in [-0.1, -0.05) is 31.0 Å². The number of rotatable bonds is 10. The lowest BCUT2D eigenvalue weighted by Crippen LogP contribution is -2.34. The first kappa shape index (κ1) is 22.2. The van der Waals surface area contributed by atoms with Crippen LogP contribution >= 0.6 is 10.3 Å². The number of carbonyl (C=O) groups excluding carboxylic acids is 1. The first-order chi connectivity index (χ1) is 11.5. The van der Waals surface area contributed by atoms with Crippen LogP contribution in [0.4, 0.5) is 0 Å². The van der Waals surface area contributed by atoms with Crippen LogP contribution in [0.1, 0.15) is 59.4 Å². The molecule has 0 aliphatic carbocycles. The minimum Gasteiger partial charge on any atom is -0.299 e. The van der Waals surface area contributed by atoms with Gasteiger partial charge in [0, 0.05) is 16.9 Å². The molecule has 4 nitrogen and oxygen atoms in total. The van der Waals surface area contributed by atoms with Crippen LogP contribution in [0.15, 0.2) is 29.2 Å². The fraction of sp³-hybridized carbons (Fsp3) is 0.632. The molecule has 6 heteroatoms. The lowest BCUT2D eigenvalue weighted by atomic mass is 10.2. The molecule has 0 spiro atoms. The summed E-state index contributed by atoms with van der Waals surface area (Å²) >= 11 is 0. The molecule has 1 aromatic rings. The molecule has 1 N–H and O–H groups in total. The Bertz CT molecular complexity index is 653. The Kier molecular flexibility index (Phi) is 8.16. The van der Waals surface area contributed by atoms with Crippen molar-refractivity contribution in [1.82, 2.24) is 0 Å². The van der Waals surface area contributed by atoms with Crippen LogP contribution < -0.4 is 0 Å². The Labute approximate surface area is 155 Å². The molecule has 0 aliphatic rings. The highest BCUT2D eigenvalue weighted by Crippen LogP contribution is 2.57. The molecule has 0 bridgehead atoms. The molecule has 0 aromatic heterocycles. The molecule has 1 rings (SSSR count). The zero-order valence-electron chi connectivity index (χ0n) is 16.3. The highest BCUT2D eigenvalue weighted by atomic mass is 32.3. The third-order valence-electron chi connectivity index (χ3n) is 4.39. The van der Waals surface area contributed by atoms with Gasteiger partial charge in [-0.25, -0.2) is 0 Å². The van der Waals surface area contributed by atoms with E-state index in [1.165, 1.54) is 0 Å². The number of hydrogen-bond donors (Lipinski definition) is 0. The summed E-state index contributed by atoms with van der Waals surface area (Å²) in [6, 6.07) is 6.74. The van der Waals surface area contributed by atoms with Gasteiger partial charge in [-0.2, -0.15) is 0 Å². The third-order valence-corrected chi connectivity index (χ3v) is 11.2. The molecule has 25 heavy (non-hydrogen) atoms. The molecule has 0 atom stereocenters. The van der Waals surface area contributed by atoms with E-state index < -0.39 is 20.4 Å². The summed E-state index contributed by atoms with van der Waals surface area (Å²) in [4.78, 5) is 12.7. The van der Waals surface area contributed by atoms with Gasteiger partial charge in [0.2, 0.25) is 0 Å². The number of hydrogen-bond acceptors (Lipinski definition) is 3. The highest BCUT2D eigenvalue weighted by Gasteiger charge is 2.44. The molecule has 1 aromatic carbocycles. The second-order valence-corrected chi connectivity index (χ2v) is 12.9. The number of carbonyl (C=O) groups is 1. The van der Waals surface area contributed by atoms with E-state index in [-0.39, 0.29) is 26.9 Å². The van der Waals surface area contributed by atoms with E-state index in [0.29, 0.717) is 6.42 Å². The Balaban J connectivity index is 3.19. The summed E-state index contributed by atoms with van der Waals surface area (Å²) in [7, 11) is -5.77. The van der Waals surface area contributed by atoms with E-state index in [9.17, 15) is 13.2 Å². The predicted molar refractivity (Wildman–Crippen MR) is 108 cm³/mol. The van der Waals surface area contributed by atoms with E-state index in [1.807, 2.05) is 41.5 Å². The molecule has 0 amide bonds. The largest absolute Gasteiger partial charge is 0.421 e. The van der Waals surface area contributed by atoms with Gasteiger partial charge < -0.3 is 0 Å². The molecular weight excluding hydrogens is 356 g/mol. The maximum absolute atomic E-state index is 12.9. The Morgan fingerprint density at radius 2 is 1.56 bits per heavy atom. The zero-order chi connectivity index (χ0) is 19.3. The van der Waals surface area contributed by atoms with E-state index >= 15 is 0 Å². The fourth-order valence-electron chi connectivity index (χ4n) is 2.72. The van der Waals surface area contributed by atoms with Gasteiger partial charge in [0.25, 0.3) is 0 Å². The van der Waals surface area contributed by atoms with Crippen molar-refractivity contribution in [3.05, 3.63) is 29.8 Å². The molecule has 0 fully saturated rings. The van der Waals surface area contributed by atoms with Gasteiger partial charge in [-0.15, -0.1) is 8.42 Å². The minimum atomic E-state index is -3.78. The van der Waals surface area contributed by atoms with Crippen molar-refractivity contribution in [2.75, 3.05) is 5.75 Å². The Morgan fingerprint density at radius 1 is 1.04 bits per heavy atom. The topological polar surface area (TPSA) is 64.0 Å². The number of Topliss-reactive ketones (excluding diaryl/α,β-unsaturated/α-hetero) is 1. The molecule has 0 heterocycles. The van der Waals surface area contributed by atoms with Crippen molar-refractivity contribution < 1.29 is 16.8 Å². The average Bonchev–Trinajstić information content (AvgIpc) is 2.52. The van der Waals surface area contributed by atoms with E-state index in [1.54, 1.807) is 24.3 Å². The average molecular weight is 390 g/mol. The van der Waals surface area contributed by atoms with Crippen molar-refractivity contribution in [3.63, 3.8) is 0 Å². The summed E-state index contributed by atoms with van der Waals surface area (Å²) in [5.41, 5.74) is 1.00. The van der Waals surface area contributed by atoms with E-state index in [2.05, 4.69) is 3.63 Å². The second-order valence-electron chi connectivity index (χ2n) is 7.06. The van der Waals surface area contributed by atoms with Crippen LogP contribution in [-0.2, 0) is 14.9 Å². The first-order valence-electron chi connectivity index (χ1n) is 8.91. The van der Waals surface area contributed by atoms with Crippen molar-refractivity contribution in [2.45, 2.75) is 76.2 Å². The number of ketones is 1. The molecular formula is C19H33O4S2+. The maximum atomic E-state index is 12.9. The van der Waals surface area contributed by atoms with Crippen LogP contribution in [-0.4, -0.2) is 34.1 Å². The third kappa shape index (κ3) is 5.83. The number of benzene rings is 1. The van der Waals surface area contributed by atoms with Gasteiger partial charge in [-0.3, -0.25) is 8.42 Å². The molecule has 0 unspecified atom stereocenters. The van der Waals surface area contributed by atoms with E-state index in [0.717, 1.165) is 18.4 Å². The highest BCUT2D eigenvalue weighted by molar-refractivity contribution is 8.33. The van der Waals surface area contributed by atoms with Gasteiger partial charge in [0.1, 0.15) is 10.7 Å². The zero-order valence-corrected chi connectivity index (χ0v) is 17.9. The summed E-state index contributed by atoms with van der Waals surface area (Å²) in [5.74, 6) is 0.384. The second kappa shape index (κ2) is 9.19. The van der Waals surface area contributed by atoms with Gasteiger partial charge >= 0.3 is 10.1 Å². The van der Waals surface area contributed by atoms with Crippen LogP contribution in [0.25, 0.3) is 0 Å². The van der Waals surface area contributed by atoms with Crippen LogP contribution in [0.2, 0.25) is 0 Å². The Hall–Kier alpha value is -0.850. The molecule has 144 valence electrons. The minimum absolute atomic E-state index is 0.0262. The summed E-state index contributed by atoms with van der Waals surface area (Å²) in [5, 5.41) is 0.0524. The van der Waals surface area contributed by atoms with Gasteiger partial charge in [0.05, 0.1) is 5.75 Å². The molecule has 0 saturated heterocycles. The van der Waals surface area contributed by atoms with Crippen molar-refractivity contribution in [2.24, 2.45) is 0 Å². The standard InChI is InChI=1S/C19H32O4S2/c1-7-8-9-18(20)14-24(15(2)3,16(4)5)23-25(21,22)19-12-10-17(6)11-13-19/h10-13,15-16H,7-9,14H2,1-6H3/p+1. The Morgan fingerprint density at radius 3 is 2.00 bits per heavy atom. The molecule has 0 radical (unpaired) electrons. The molecule has 0 saturated carbocycles. The van der Waals surface area contributed by atoms with Crippen LogP contribution in [0.3, 0.4) is 0 Å².